The largest absolute Gasteiger partial charge is 0.371 e. The first-order valence-corrected chi connectivity index (χ1v) is 10.9. The van der Waals surface area contributed by atoms with Crippen LogP contribution in [0, 0.1) is 0 Å². The maximum atomic E-state index is 4.59. The molecule has 25 heavy (non-hydrogen) atoms. The van der Waals surface area contributed by atoms with Crippen molar-refractivity contribution in [3.63, 3.8) is 0 Å². The molecule has 0 radical (unpaired) electrons. The van der Waals surface area contributed by atoms with Gasteiger partial charge in [0.15, 0.2) is 0 Å². The Balaban J connectivity index is 1.47. The highest BCUT2D eigenvalue weighted by atomic mass is 32.2. The van der Waals surface area contributed by atoms with Crippen LogP contribution >= 0.6 is 11.8 Å². The second-order valence-corrected chi connectivity index (χ2v) is 8.62. The number of para-hydroxylation sites is 1. The van der Waals surface area contributed by atoms with Crippen molar-refractivity contribution in [3.05, 3.63) is 48.0 Å². The van der Waals surface area contributed by atoms with Crippen LogP contribution in [-0.4, -0.2) is 28.3 Å². The first-order chi connectivity index (χ1) is 12.4. The SMILES string of the molecule is c1ccc(N2CCCC2)c(CSC2CCCCCC2c2ncc[nH]2)c1. The second-order valence-electron chi connectivity index (χ2n) is 7.39. The molecule has 2 aromatic rings. The molecule has 2 fully saturated rings. The van der Waals surface area contributed by atoms with E-state index in [1.807, 2.05) is 12.4 Å². The van der Waals surface area contributed by atoms with Crippen LogP contribution in [0.15, 0.2) is 36.7 Å². The fourth-order valence-electron chi connectivity index (χ4n) is 4.36. The molecule has 134 valence electrons. The molecule has 3 nitrogen and oxygen atoms in total. The number of aromatic nitrogens is 2. The number of aromatic amines is 1. The predicted molar refractivity (Wildman–Crippen MR) is 107 cm³/mol. The molecule has 1 aliphatic carbocycles. The molecule has 0 amide bonds. The molecule has 2 aliphatic rings. The zero-order chi connectivity index (χ0) is 16.9. The van der Waals surface area contributed by atoms with Crippen molar-refractivity contribution in [2.45, 2.75) is 61.9 Å². The van der Waals surface area contributed by atoms with Crippen LogP contribution in [0.1, 0.15) is 62.3 Å². The van der Waals surface area contributed by atoms with Gasteiger partial charge in [0.25, 0.3) is 0 Å². The summed E-state index contributed by atoms with van der Waals surface area (Å²) in [5.74, 6) is 2.91. The lowest BCUT2D eigenvalue weighted by Gasteiger charge is -2.25. The Labute approximate surface area is 155 Å². The predicted octanol–water partition coefficient (Wildman–Crippen LogP) is 5.36. The first-order valence-electron chi connectivity index (χ1n) is 9.85. The zero-order valence-electron chi connectivity index (χ0n) is 15.0. The van der Waals surface area contributed by atoms with E-state index >= 15 is 0 Å². The van der Waals surface area contributed by atoms with Gasteiger partial charge in [-0.1, -0.05) is 37.5 Å². The third-order valence-corrected chi connectivity index (χ3v) is 7.18. The Morgan fingerprint density at radius 1 is 1.04 bits per heavy atom. The second kappa shape index (κ2) is 8.31. The van der Waals surface area contributed by atoms with Crippen molar-refractivity contribution < 1.29 is 0 Å². The van der Waals surface area contributed by atoms with Crippen LogP contribution < -0.4 is 4.90 Å². The summed E-state index contributed by atoms with van der Waals surface area (Å²) in [5, 5.41) is 0.681. The van der Waals surface area contributed by atoms with Gasteiger partial charge in [-0.15, -0.1) is 0 Å². The van der Waals surface area contributed by atoms with Crippen LogP contribution in [0.2, 0.25) is 0 Å². The number of rotatable bonds is 5. The highest BCUT2D eigenvalue weighted by molar-refractivity contribution is 7.99. The average molecular weight is 356 g/mol. The standard InChI is InChI=1S/C21H29N3S/c1-2-9-18(21-22-12-13-23-21)20(11-3-1)25-16-17-8-4-5-10-19(17)24-14-6-7-15-24/h4-5,8,10,12-13,18,20H,1-3,6-7,9,11,14-16H2,(H,22,23). The Morgan fingerprint density at radius 3 is 2.72 bits per heavy atom. The van der Waals surface area contributed by atoms with E-state index in [9.17, 15) is 0 Å². The summed E-state index contributed by atoms with van der Waals surface area (Å²) in [4.78, 5) is 10.6. The molecule has 1 aromatic carbocycles. The van der Waals surface area contributed by atoms with Crippen LogP contribution in [0.3, 0.4) is 0 Å². The number of hydrogen-bond donors (Lipinski definition) is 1. The number of anilines is 1. The summed E-state index contributed by atoms with van der Waals surface area (Å²) in [5.41, 5.74) is 2.98. The maximum absolute atomic E-state index is 4.59. The Hall–Kier alpha value is -1.42. The van der Waals surface area contributed by atoms with Gasteiger partial charge in [-0.2, -0.15) is 11.8 Å². The Bertz CT molecular complexity index is 649. The monoisotopic (exact) mass is 355 g/mol. The summed E-state index contributed by atoms with van der Waals surface area (Å²) >= 11 is 2.16. The molecule has 1 aliphatic heterocycles. The molecule has 4 rings (SSSR count). The summed E-state index contributed by atoms with van der Waals surface area (Å²) < 4.78 is 0. The van der Waals surface area contributed by atoms with Gasteiger partial charge in [0.2, 0.25) is 0 Å². The lowest BCUT2D eigenvalue weighted by molar-refractivity contribution is 0.578. The normalized spacial score (nSPS) is 24.4. The lowest BCUT2D eigenvalue weighted by atomic mass is 9.99. The molecule has 1 saturated heterocycles. The van der Waals surface area contributed by atoms with Gasteiger partial charge in [-0.3, -0.25) is 0 Å². The minimum atomic E-state index is 0.585. The number of nitrogens with one attached hydrogen (secondary N) is 1. The molecule has 1 N–H and O–H groups in total. The van der Waals surface area contributed by atoms with Crippen molar-refractivity contribution >= 4 is 17.4 Å². The van der Waals surface area contributed by atoms with Gasteiger partial charge in [0.1, 0.15) is 5.82 Å². The van der Waals surface area contributed by atoms with Crippen molar-refractivity contribution in [1.29, 1.82) is 0 Å². The van der Waals surface area contributed by atoms with E-state index < -0.39 is 0 Å². The van der Waals surface area contributed by atoms with Crippen molar-refractivity contribution in [3.8, 4) is 0 Å². The van der Waals surface area contributed by atoms with E-state index in [0.717, 1.165) is 5.75 Å². The van der Waals surface area contributed by atoms with Crippen LogP contribution in [-0.2, 0) is 5.75 Å². The highest BCUT2D eigenvalue weighted by Crippen LogP contribution is 2.40. The number of benzene rings is 1. The zero-order valence-corrected chi connectivity index (χ0v) is 15.8. The molecule has 2 atom stereocenters. The van der Waals surface area contributed by atoms with Gasteiger partial charge in [-0.05, 0) is 37.3 Å². The van der Waals surface area contributed by atoms with E-state index in [1.54, 1.807) is 0 Å². The number of thioether (sulfide) groups is 1. The van der Waals surface area contributed by atoms with Crippen molar-refractivity contribution in [2.24, 2.45) is 0 Å². The van der Waals surface area contributed by atoms with E-state index in [2.05, 4.69) is 50.9 Å². The summed E-state index contributed by atoms with van der Waals surface area (Å²) in [6.45, 7) is 2.44. The lowest BCUT2D eigenvalue weighted by Crippen LogP contribution is -2.19. The average Bonchev–Trinajstić information content (AvgIpc) is 3.32. The molecule has 0 bridgehead atoms. The van der Waals surface area contributed by atoms with Crippen LogP contribution in [0.4, 0.5) is 5.69 Å². The van der Waals surface area contributed by atoms with Crippen molar-refractivity contribution in [2.75, 3.05) is 18.0 Å². The molecular weight excluding hydrogens is 326 g/mol. The minimum Gasteiger partial charge on any atom is -0.371 e. The van der Waals surface area contributed by atoms with E-state index in [0.29, 0.717) is 11.2 Å². The van der Waals surface area contributed by atoms with Gasteiger partial charge in [-0.25, -0.2) is 4.98 Å². The fraction of sp³-hybridized carbons (Fsp3) is 0.571. The molecule has 1 saturated carbocycles. The first kappa shape index (κ1) is 17.0. The molecule has 0 spiro atoms. The van der Waals surface area contributed by atoms with Gasteiger partial charge >= 0.3 is 0 Å². The quantitative estimate of drug-likeness (QED) is 0.733. The molecule has 2 heterocycles. The number of H-pyrrole nitrogens is 1. The smallest absolute Gasteiger partial charge is 0.110 e. The van der Waals surface area contributed by atoms with E-state index in [4.69, 9.17) is 0 Å². The summed E-state index contributed by atoms with van der Waals surface area (Å²) in [7, 11) is 0. The third kappa shape index (κ3) is 4.05. The third-order valence-electron chi connectivity index (χ3n) is 5.71. The summed E-state index contributed by atoms with van der Waals surface area (Å²) in [6, 6.07) is 9.04. The molecule has 4 heteroatoms. The van der Waals surface area contributed by atoms with Crippen molar-refractivity contribution in [1.82, 2.24) is 9.97 Å². The highest BCUT2D eigenvalue weighted by Gasteiger charge is 2.27. The number of imidazole rings is 1. The van der Waals surface area contributed by atoms with Gasteiger partial charge in [0.05, 0.1) is 0 Å². The number of nitrogens with zero attached hydrogens (tertiary/aromatic N) is 2. The Kier molecular flexibility index (Phi) is 5.65. The minimum absolute atomic E-state index is 0.585. The fourth-order valence-corrected chi connectivity index (χ4v) is 5.83. The topological polar surface area (TPSA) is 31.9 Å². The van der Waals surface area contributed by atoms with E-state index in [-0.39, 0.29) is 0 Å². The van der Waals surface area contributed by atoms with Crippen LogP contribution in [0.25, 0.3) is 0 Å². The molecular formula is C21H29N3S. The maximum Gasteiger partial charge on any atom is 0.110 e. The van der Waals surface area contributed by atoms with Gasteiger partial charge < -0.3 is 9.88 Å². The summed E-state index contributed by atoms with van der Waals surface area (Å²) in [6.07, 6.45) is 13.2. The van der Waals surface area contributed by atoms with E-state index in [1.165, 1.54) is 75.1 Å². The van der Waals surface area contributed by atoms with Gasteiger partial charge in [0, 0.05) is 48.1 Å². The molecule has 1 aromatic heterocycles. The Morgan fingerprint density at radius 2 is 1.88 bits per heavy atom. The molecule has 2 unspecified atom stereocenters. The number of hydrogen-bond acceptors (Lipinski definition) is 3. The van der Waals surface area contributed by atoms with Crippen LogP contribution in [0.5, 0.6) is 0 Å².